The van der Waals surface area contributed by atoms with Crippen LogP contribution in [-0.4, -0.2) is 11.9 Å². The zero-order valence-corrected chi connectivity index (χ0v) is 10.0. The minimum atomic E-state index is -0.187. The minimum Gasteiger partial charge on any atom is -0.338 e. The largest absolute Gasteiger partial charge is 0.338 e. The molecular weight excluding hydrogens is 198 g/mol. The summed E-state index contributed by atoms with van der Waals surface area (Å²) in [6.45, 7) is 5.89. The van der Waals surface area contributed by atoms with Gasteiger partial charge in [0.15, 0.2) is 0 Å². The summed E-state index contributed by atoms with van der Waals surface area (Å²) >= 11 is 0. The topological polar surface area (TPSA) is 29.1 Å². The molecule has 1 aromatic carbocycles. The first-order valence-electron chi connectivity index (χ1n) is 5.42. The zero-order valence-electron chi connectivity index (χ0n) is 10.0. The third-order valence-corrected chi connectivity index (χ3v) is 2.54. The van der Waals surface area contributed by atoms with E-state index < -0.39 is 0 Å². The monoisotopic (exact) mass is 215 g/mol. The molecular formula is C14H17NO. The number of carbonyl (C=O) groups excluding carboxylic acids is 1. The Balaban J connectivity index is 2.85. The number of rotatable bonds is 3. The van der Waals surface area contributed by atoms with E-state index >= 15 is 0 Å². The van der Waals surface area contributed by atoms with Crippen LogP contribution in [0, 0.1) is 26.2 Å². The van der Waals surface area contributed by atoms with E-state index in [0.717, 1.165) is 17.5 Å². The van der Waals surface area contributed by atoms with Crippen molar-refractivity contribution < 1.29 is 4.79 Å². The van der Waals surface area contributed by atoms with Crippen molar-refractivity contribution in [1.82, 2.24) is 5.32 Å². The van der Waals surface area contributed by atoms with Crippen LogP contribution in [0.4, 0.5) is 0 Å². The lowest BCUT2D eigenvalue weighted by Crippen LogP contribution is -2.33. The fourth-order valence-electron chi connectivity index (χ4n) is 1.57. The van der Waals surface area contributed by atoms with Crippen LogP contribution in [-0.2, 0) is 0 Å². The van der Waals surface area contributed by atoms with Crippen molar-refractivity contribution in [3.63, 3.8) is 0 Å². The van der Waals surface area contributed by atoms with Gasteiger partial charge in [0, 0.05) is 5.56 Å². The number of carbonyl (C=O) groups is 1. The Morgan fingerprint density at radius 2 is 2.19 bits per heavy atom. The average Bonchev–Trinajstić information content (AvgIpc) is 2.25. The molecule has 0 aliphatic heterocycles. The van der Waals surface area contributed by atoms with Crippen LogP contribution in [0.25, 0.3) is 0 Å². The maximum atomic E-state index is 11.9. The molecule has 0 aliphatic rings. The van der Waals surface area contributed by atoms with Crippen LogP contribution < -0.4 is 5.32 Å². The molecule has 84 valence electrons. The lowest BCUT2D eigenvalue weighted by Gasteiger charge is -2.12. The number of amides is 1. The maximum Gasteiger partial charge on any atom is 0.252 e. The maximum absolute atomic E-state index is 11.9. The first-order chi connectivity index (χ1) is 7.58. The van der Waals surface area contributed by atoms with E-state index in [4.69, 9.17) is 6.42 Å². The van der Waals surface area contributed by atoms with Crippen LogP contribution in [0.15, 0.2) is 18.2 Å². The van der Waals surface area contributed by atoms with Crippen molar-refractivity contribution in [1.29, 1.82) is 0 Å². The fraction of sp³-hybridized carbons (Fsp3) is 0.357. The molecule has 0 aliphatic carbocycles. The van der Waals surface area contributed by atoms with Gasteiger partial charge in [0.05, 0.1) is 6.04 Å². The molecule has 0 radical (unpaired) electrons. The van der Waals surface area contributed by atoms with Crippen molar-refractivity contribution >= 4 is 5.91 Å². The second kappa shape index (κ2) is 5.37. The van der Waals surface area contributed by atoms with Crippen molar-refractivity contribution in [2.24, 2.45) is 0 Å². The molecule has 1 unspecified atom stereocenters. The van der Waals surface area contributed by atoms with E-state index in [2.05, 4.69) is 11.2 Å². The number of hydrogen-bond donors (Lipinski definition) is 1. The number of benzene rings is 1. The molecule has 1 rings (SSSR count). The summed E-state index contributed by atoms with van der Waals surface area (Å²) < 4.78 is 0. The third-order valence-electron chi connectivity index (χ3n) is 2.54. The number of hydrogen-bond acceptors (Lipinski definition) is 1. The van der Waals surface area contributed by atoms with Crippen LogP contribution in [0.1, 0.15) is 34.8 Å². The summed E-state index contributed by atoms with van der Waals surface area (Å²) in [6.07, 6.45) is 6.05. The Hall–Kier alpha value is -1.75. The molecule has 1 aromatic rings. The Morgan fingerprint density at radius 3 is 2.69 bits per heavy atom. The van der Waals surface area contributed by atoms with Crippen LogP contribution in [0.3, 0.4) is 0 Å². The summed E-state index contributed by atoms with van der Waals surface area (Å²) in [5.41, 5.74) is 2.82. The van der Waals surface area contributed by atoms with Gasteiger partial charge in [-0.3, -0.25) is 4.79 Å². The second-order valence-electron chi connectivity index (χ2n) is 3.92. The van der Waals surface area contributed by atoms with E-state index in [0.29, 0.717) is 5.56 Å². The second-order valence-corrected chi connectivity index (χ2v) is 3.92. The molecule has 0 aromatic heterocycles. The van der Waals surface area contributed by atoms with Crippen LogP contribution in [0.2, 0.25) is 0 Å². The van der Waals surface area contributed by atoms with Gasteiger partial charge in [0.2, 0.25) is 0 Å². The smallest absolute Gasteiger partial charge is 0.252 e. The van der Waals surface area contributed by atoms with Gasteiger partial charge in [-0.2, -0.15) is 0 Å². The fourth-order valence-corrected chi connectivity index (χ4v) is 1.57. The first-order valence-corrected chi connectivity index (χ1v) is 5.42. The summed E-state index contributed by atoms with van der Waals surface area (Å²) in [4.78, 5) is 11.9. The van der Waals surface area contributed by atoms with Crippen molar-refractivity contribution in [2.75, 3.05) is 0 Å². The highest BCUT2D eigenvalue weighted by atomic mass is 16.1. The molecule has 16 heavy (non-hydrogen) atoms. The third kappa shape index (κ3) is 2.87. The van der Waals surface area contributed by atoms with Gasteiger partial charge in [-0.05, 0) is 31.9 Å². The summed E-state index contributed by atoms with van der Waals surface area (Å²) in [5, 5.41) is 2.82. The quantitative estimate of drug-likeness (QED) is 0.771. The molecule has 0 saturated heterocycles. The van der Waals surface area contributed by atoms with Crippen molar-refractivity contribution in [2.45, 2.75) is 33.2 Å². The van der Waals surface area contributed by atoms with Gasteiger partial charge in [-0.1, -0.05) is 30.5 Å². The lowest BCUT2D eigenvalue weighted by atomic mass is 10.0. The SMILES string of the molecule is C#CC(CC)NC(=O)c1ccc(C)cc1C. The number of terminal acetylenes is 1. The van der Waals surface area contributed by atoms with Crippen molar-refractivity contribution in [3.8, 4) is 12.3 Å². The van der Waals surface area contributed by atoms with Crippen LogP contribution >= 0.6 is 0 Å². The highest BCUT2D eigenvalue weighted by molar-refractivity contribution is 5.96. The molecule has 0 fully saturated rings. The Morgan fingerprint density at radius 1 is 1.50 bits per heavy atom. The van der Waals surface area contributed by atoms with Gasteiger partial charge in [0.25, 0.3) is 5.91 Å². The highest BCUT2D eigenvalue weighted by Crippen LogP contribution is 2.10. The zero-order chi connectivity index (χ0) is 12.1. The molecule has 1 atom stereocenters. The predicted molar refractivity (Wildman–Crippen MR) is 66.3 cm³/mol. The Labute approximate surface area is 97.1 Å². The molecule has 0 saturated carbocycles. The summed E-state index contributed by atoms with van der Waals surface area (Å²) in [6, 6.07) is 5.57. The Bertz CT molecular complexity index is 429. The number of aryl methyl sites for hydroxylation is 2. The van der Waals surface area contributed by atoms with E-state index in [1.807, 2.05) is 39.0 Å². The summed E-state index contributed by atoms with van der Waals surface area (Å²) in [5.74, 6) is 2.46. The normalized spacial score (nSPS) is 11.6. The molecule has 1 amide bonds. The van der Waals surface area contributed by atoms with Gasteiger partial charge in [0.1, 0.15) is 0 Å². The van der Waals surface area contributed by atoms with E-state index in [1.165, 1.54) is 0 Å². The van der Waals surface area contributed by atoms with Gasteiger partial charge in [-0.15, -0.1) is 6.42 Å². The van der Waals surface area contributed by atoms with Crippen molar-refractivity contribution in [3.05, 3.63) is 34.9 Å². The summed E-state index contributed by atoms with van der Waals surface area (Å²) in [7, 11) is 0. The molecule has 2 heteroatoms. The van der Waals surface area contributed by atoms with Gasteiger partial charge in [-0.25, -0.2) is 0 Å². The Kier molecular flexibility index (Phi) is 4.13. The van der Waals surface area contributed by atoms with E-state index in [-0.39, 0.29) is 11.9 Å². The van der Waals surface area contributed by atoms with E-state index in [1.54, 1.807) is 0 Å². The standard InChI is InChI=1S/C14H17NO/c1-5-12(6-2)15-14(16)13-8-7-10(3)9-11(13)4/h1,7-9,12H,6H2,2-4H3,(H,15,16). The molecule has 0 heterocycles. The molecule has 0 spiro atoms. The van der Waals surface area contributed by atoms with Gasteiger partial charge >= 0.3 is 0 Å². The molecule has 2 nitrogen and oxygen atoms in total. The average molecular weight is 215 g/mol. The first kappa shape index (κ1) is 12.3. The minimum absolute atomic E-state index is 0.0951. The van der Waals surface area contributed by atoms with E-state index in [9.17, 15) is 4.79 Å². The van der Waals surface area contributed by atoms with Crippen LogP contribution in [0.5, 0.6) is 0 Å². The predicted octanol–water partition coefficient (Wildman–Crippen LogP) is 2.45. The lowest BCUT2D eigenvalue weighted by molar-refractivity contribution is 0.0944. The molecule has 0 bridgehead atoms. The number of nitrogens with one attached hydrogen (secondary N) is 1. The highest BCUT2D eigenvalue weighted by Gasteiger charge is 2.11. The van der Waals surface area contributed by atoms with Gasteiger partial charge < -0.3 is 5.32 Å². The molecule has 1 N–H and O–H groups in total.